The summed E-state index contributed by atoms with van der Waals surface area (Å²) in [5, 5.41) is 3.49. The molecule has 0 atom stereocenters. The normalized spacial score (nSPS) is 15.6. The first-order chi connectivity index (χ1) is 12.6. The molecule has 6 heteroatoms. The lowest BCUT2D eigenvalue weighted by molar-refractivity contribution is -0.118. The van der Waals surface area contributed by atoms with Gasteiger partial charge in [-0.05, 0) is 49.0 Å². The Morgan fingerprint density at radius 3 is 2.35 bits per heavy atom. The molecule has 138 valence electrons. The molecule has 1 aliphatic rings. The fraction of sp³-hybridized carbons (Fsp3) is 0.350. The molecule has 2 aromatic rings. The molecule has 2 aromatic carbocycles. The minimum Gasteiger partial charge on any atom is -0.484 e. The fourth-order valence-electron chi connectivity index (χ4n) is 2.83. The van der Waals surface area contributed by atoms with Crippen LogP contribution in [-0.4, -0.2) is 55.5 Å². The predicted molar refractivity (Wildman–Crippen MR) is 105 cm³/mol. The Morgan fingerprint density at radius 2 is 1.69 bits per heavy atom. The Balaban J connectivity index is 1.44. The highest BCUT2D eigenvalue weighted by Gasteiger charge is 2.13. The first-order valence-corrected chi connectivity index (χ1v) is 9.14. The Labute approximate surface area is 159 Å². The zero-order chi connectivity index (χ0) is 18.4. The molecule has 0 aromatic heterocycles. The summed E-state index contributed by atoms with van der Waals surface area (Å²) in [6.45, 7) is 5.32. The number of ether oxygens (including phenoxy) is 1. The summed E-state index contributed by atoms with van der Waals surface area (Å²) in [6.07, 6.45) is 0. The molecule has 0 radical (unpaired) electrons. The number of likely N-dealkylation sites (N-methyl/N-ethyl adjacent to an activating group) is 1. The number of nitrogens with zero attached hydrogens (tertiary/aromatic N) is 2. The number of carbonyl (C=O) groups excluding carboxylic acids is 1. The van der Waals surface area contributed by atoms with Crippen molar-refractivity contribution in [2.75, 3.05) is 45.2 Å². The lowest BCUT2D eigenvalue weighted by atomic mass is 10.2. The maximum atomic E-state index is 12.0. The first-order valence-electron chi connectivity index (χ1n) is 8.76. The van der Waals surface area contributed by atoms with E-state index in [1.54, 1.807) is 24.3 Å². The monoisotopic (exact) mass is 373 g/mol. The molecule has 3 rings (SSSR count). The van der Waals surface area contributed by atoms with Crippen molar-refractivity contribution in [2.24, 2.45) is 0 Å². The van der Waals surface area contributed by atoms with Crippen molar-refractivity contribution in [1.29, 1.82) is 0 Å². The number of piperazine rings is 1. The van der Waals surface area contributed by atoms with Gasteiger partial charge in [-0.3, -0.25) is 9.69 Å². The van der Waals surface area contributed by atoms with E-state index in [1.807, 2.05) is 12.1 Å². The van der Waals surface area contributed by atoms with Crippen molar-refractivity contribution in [3.05, 3.63) is 59.1 Å². The standard InChI is InChI=1S/C20H24ClN3O2/c1-23-10-12-24(13-11-23)14-16-2-6-18(7-3-16)22-20(25)15-26-19-8-4-17(21)5-9-19/h2-9H,10-15H2,1H3,(H,22,25). The highest BCUT2D eigenvalue weighted by atomic mass is 35.5. The molecule has 1 heterocycles. The van der Waals surface area contributed by atoms with E-state index in [0.717, 1.165) is 38.4 Å². The topological polar surface area (TPSA) is 44.8 Å². The molecule has 0 spiro atoms. The van der Waals surface area contributed by atoms with E-state index >= 15 is 0 Å². The van der Waals surface area contributed by atoms with Gasteiger partial charge in [0.2, 0.25) is 0 Å². The molecular formula is C20H24ClN3O2. The maximum Gasteiger partial charge on any atom is 0.262 e. The lowest BCUT2D eigenvalue weighted by Gasteiger charge is -2.32. The number of rotatable bonds is 6. The largest absolute Gasteiger partial charge is 0.484 e. The van der Waals surface area contributed by atoms with Gasteiger partial charge in [-0.1, -0.05) is 23.7 Å². The lowest BCUT2D eigenvalue weighted by Crippen LogP contribution is -2.43. The van der Waals surface area contributed by atoms with E-state index in [4.69, 9.17) is 16.3 Å². The number of benzene rings is 2. The molecule has 0 saturated carbocycles. The van der Waals surface area contributed by atoms with Crippen LogP contribution in [0.2, 0.25) is 5.02 Å². The van der Waals surface area contributed by atoms with Crippen molar-refractivity contribution >= 4 is 23.2 Å². The van der Waals surface area contributed by atoms with E-state index in [1.165, 1.54) is 5.56 Å². The van der Waals surface area contributed by atoms with Crippen LogP contribution in [0.15, 0.2) is 48.5 Å². The van der Waals surface area contributed by atoms with Crippen molar-refractivity contribution in [1.82, 2.24) is 9.80 Å². The molecule has 0 bridgehead atoms. The van der Waals surface area contributed by atoms with Crippen LogP contribution in [0, 0.1) is 0 Å². The van der Waals surface area contributed by atoms with Crippen LogP contribution in [0.1, 0.15) is 5.56 Å². The highest BCUT2D eigenvalue weighted by molar-refractivity contribution is 6.30. The highest BCUT2D eigenvalue weighted by Crippen LogP contribution is 2.16. The van der Waals surface area contributed by atoms with Crippen LogP contribution in [-0.2, 0) is 11.3 Å². The van der Waals surface area contributed by atoms with Gasteiger partial charge >= 0.3 is 0 Å². The molecule has 1 aliphatic heterocycles. The van der Waals surface area contributed by atoms with E-state index in [9.17, 15) is 4.79 Å². The number of amides is 1. The zero-order valence-electron chi connectivity index (χ0n) is 15.0. The van der Waals surface area contributed by atoms with Crippen molar-refractivity contribution in [3.63, 3.8) is 0 Å². The molecule has 1 saturated heterocycles. The number of halogens is 1. The summed E-state index contributed by atoms with van der Waals surface area (Å²) < 4.78 is 5.45. The van der Waals surface area contributed by atoms with E-state index in [0.29, 0.717) is 10.8 Å². The molecular weight excluding hydrogens is 350 g/mol. The Hall–Kier alpha value is -2.08. The van der Waals surface area contributed by atoms with Gasteiger partial charge in [0.1, 0.15) is 5.75 Å². The average Bonchev–Trinajstić information content (AvgIpc) is 2.65. The smallest absolute Gasteiger partial charge is 0.262 e. The van der Waals surface area contributed by atoms with Gasteiger partial charge in [-0.25, -0.2) is 0 Å². The van der Waals surface area contributed by atoms with Gasteiger partial charge in [0.05, 0.1) is 0 Å². The second-order valence-corrected chi connectivity index (χ2v) is 7.00. The number of hydrogen-bond acceptors (Lipinski definition) is 4. The first kappa shape index (κ1) is 18.7. The number of carbonyl (C=O) groups is 1. The van der Waals surface area contributed by atoms with E-state index < -0.39 is 0 Å². The van der Waals surface area contributed by atoms with Crippen LogP contribution in [0.25, 0.3) is 0 Å². The van der Waals surface area contributed by atoms with Crippen molar-refractivity contribution in [3.8, 4) is 5.75 Å². The molecule has 0 unspecified atom stereocenters. The molecule has 26 heavy (non-hydrogen) atoms. The molecule has 5 nitrogen and oxygen atoms in total. The SMILES string of the molecule is CN1CCN(Cc2ccc(NC(=O)COc3ccc(Cl)cc3)cc2)CC1. The van der Waals surface area contributed by atoms with Gasteiger partial charge in [-0.2, -0.15) is 0 Å². The third-order valence-electron chi connectivity index (χ3n) is 4.42. The molecule has 1 amide bonds. The van der Waals surface area contributed by atoms with Gasteiger partial charge in [-0.15, -0.1) is 0 Å². The second kappa shape index (κ2) is 9.03. The van der Waals surface area contributed by atoms with Crippen molar-refractivity contribution in [2.45, 2.75) is 6.54 Å². The summed E-state index contributed by atoms with van der Waals surface area (Å²) in [7, 11) is 2.16. The number of nitrogens with one attached hydrogen (secondary N) is 1. The summed E-state index contributed by atoms with van der Waals surface area (Å²) in [5.74, 6) is 0.429. The predicted octanol–water partition coefficient (Wildman–Crippen LogP) is 3.10. The van der Waals surface area contributed by atoms with Gasteiger partial charge < -0.3 is 15.0 Å². The van der Waals surface area contributed by atoms with Crippen LogP contribution in [0.4, 0.5) is 5.69 Å². The summed E-state index contributed by atoms with van der Waals surface area (Å²) in [4.78, 5) is 16.8. The minimum atomic E-state index is -0.188. The van der Waals surface area contributed by atoms with Crippen LogP contribution < -0.4 is 10.1 Å². The zero-order valence-corrected chi connectivity index (χ0v) is 15.7. The summed E-state index contributed by atoms with van der Waals surface area (Å²) in [6, 6.07) is 14.9. The minimum absolute atomic E-state index is 0.0370. The number of hydrogen-bond donors (Lipinski definition) is 1. The summed E-state index contributed by atoms with van der Waals surface area (Å²) in [5.41, 5.74) is 2.03. The molecule has 0 aliphatic carbocycles. The van der Waals surface area contributed by atoms with E-state index in [2.05, 4.69) is 34.3 Å². The quantitative estimate of drug-likeness (QED) is 0.845. The maximum absolute atomic E-state index is 12.0. The van der Waals surface area contributed by atoms with Crippen LogP contribution >= 0.6 is 11.6 Å². The number of anilines is 1. The summed E-state index contributed by atoms with van der Waals surface area (Å²) >= 11 is 5.82. The molecule has 1 N–H and O–H groups in total. The third-order valence-corrected chi connectivity index (χ3v) is 4.68. The van der Waals surface area contributed by atoms with Crippen LogP contribution in [0.3, 0.4) is 0 Å². The van der Waals surface area contributed by atoms with E-state index in [-0.39, 0.29) is 12.5 Å². The Bertz CT molecular complexity index is 711. The third kappa shape index (κ3) is 5.73. The fourth-order valence-corrected chi connectivity index (χ4v) is 2.96. The van der Waals surface area contributed by atoms with Gasteiger partial charge in [0, 0.05) is 43.4 Å². The Morgan fingerprint density at radius 1 is 1.04 bits per heavy atom. The average molecular weight is 374 g/mol. The van der Waals surface area contributed by atoms with Crippen molar-refractivity contribution < 1.29 is 9.53 Å². The molecule has 1 fully saturated rings. The Kier molecular flexibility index (Phi) is 6.50. The van der Waals surface area contributed by atoms with Gasteiger partial charge in [0.15, 0.2) is 6.61 Å². The second-order valence-electron chi connectivity index (χ2n) is 6.57. The van der Waals surface area contributed by atoms with Crippen LogP contribution in [0.5, 0.6) is 5.75 Å². The van der Waals surface area contributed by atoms with Gasteiger partial charge in [0.25, 0.3) is 5.91 Å².